The summed E-state index contributed by atoms with van der Waals surface area (Å²) in [7, 11) is 0. The molecule has 0 atom stereocenters. The van der Waals surface area contributed by atoms with E-state index in [1.807, 2.05) is 0 Å². The number of carbonyl (C=O) groups is 1. The van der Waals surface area contributed by atoms with Gasteiger partial charge in [-0.15, -0.1) is 11.3 Å². The first-order chi connectivity index (χ1) is 7.51. The lowest BCUT2D eigenvalue weighted by Crippen LogP contribution is -2.28. The van der Waals surface area contributed by atoms with E-state index >= 15 is 0 Å². The van der Waals surface area contributed by atoms with Gasteiger partial charge in [0.25, 0.3) is 0 Å². The zero-order valence-electron chi connectivity index (χ0n) is 8.93. The number of hydrogen-bond acceptors (Lipinski definition) is 4. The fourth-order valence-electron chi connectivity index (χ4n) is 1.18. The molecule has 2 heterocycles. The van der Waals surface area contributed by atoms with Crippen molar-refractivity contribution >= 4 is 17.3 Å². The molecule has 0 saturated carbocycles. The van der Waals surface area contributed by atoms with Crippen LogP contribution in [0.4, 0.5) is 0 Å². The molecule has 0 saturated heterocycles. The van der Waals surface area contributed by atoms with E-state index in [2.05, 4.69) is 4.98 Å². The van der Waals surface area contributed by atoms with Gasteiger partial charge in [0.2, 0.25) is 0 Å². The van der Waals surface area contributed by atoms with Gasteiger partial charge in [0.1, 0.15) is 5.41 Å². The minimum atomic E-state index is -0.971. The van der Waals surface area contributed by atoms with Crippen molar-refractivity contribution in [2.45, 2.75) is 19.3 Å². The molecular formula is C11H11NO3S. The zero-order chi connectivity index (χ0) is 11.8. The number of aromatic nitrogens is 1. The van der Waals surface area contributed by atoms with Gasteiger partial charge in [0, 0.05) is 5.38 Å². The van der Waals surface area contributed by atoms with Crippen LogP contribution in [0.5, 0.6) is 0 Å². The normalized spacial score (nSPS) is 11.6. The highest BCUT2D eigenvalue weighted by Crippen LogP contribution is 2.30. The van der Waals surface area contributed by atoms with Crippen molar-refractivity contribution in [3.63, 3.8) is 0 Å². The monoisotopic (exact) mass is 237 g/mol. The molecule has 0 aromatic carbocycles. The molecule has 16 heavy (non-hydrogen) atoms. The number of hydrogen-bond donors (Lipinski definition) is 1. The van der Waals surface area contributed by atoms with Gasteiger partial charge in [-0.1, -0.05) is 0 Å². The number of nitrogens with zero attached hydrogens (tertiary/aromatic N) is 1. The van der Waals surface area contributed by atoms with Gasteiger partial charge < -0.3 is 9.52 Å². The lowest BCUT2D eigenvalue weighted by Gasteiger charge is -2.15. The summed E-state index contributed by atoms with van der Waals surface area (Å²) >= 11 is 1.38. The first-order valence-electron chi connectivity index (χ1n) is 4.75. The molecule has 5 heteroatoms. The fourth-order valence-corrected chi connectivity index (χ4v) is 2.14. The van der Waals surface area contributed by atoms with Gasteiger partial charge in [-0.2, -0.15) is 0 Å². The van der Waals surface area contributed by atoms with Gasteiger partial charge in [0.15, 0.2) is 10.8 Å². The minimum Gasteiger partial charge on any atom is -0.481 e. The SMILES string of the molecule is CC(C)(C(=O)O)c1csc(-c2ccco2)n1. The average Bonchev–Trinajstić information content (AvgIpc) is 2.88. The number of thiazole rings is 1. The largest absolute Gasteiger partial charge is 0.481 e. The van der Waals surface area contributed by atoms with Crippen LogP contribution in [0.25, 0.3) is 10.8 Å². The van der Waals surface area contributed by atoms with E-state index in [1.165, 1.54) is 11.3 Å². The predicted molar refractivity (Wildman–Crippen MR) is 60.5 cm³/mol. The highest BCUT2D eigenvalue weighted by Gasteiger charge is 2.32. The molecule has 2 rings (SSSR count). The van der Waals surface area contributed by atoms with E-state index in [0.717, 1.165) is 0 Å². The van der Waals surface area contributed by atoms with Crippen LogP contribution < -0.4 is 0 Å². The topological polar surface area (TPSA) is 63.3 Å². The molecule has 0 unspecified atom stereocenters. The smallest absolute Gasteiger partial charge is 0.315 e. The van der Waals surface area contributed by atoms with Crippen LogP contribution in [0, 0.1) is 0 Å². The number of furan rings is 1. The molecule has 0 aliphatic rings. The Morgan fingerprint density at radius 1 is 1.56 bits per heavy atom. The Morgan fingerprint density at radius 2 is 2.31 bits per heavy atom. The summed E-state index contributed by atoms with van der Waals surface area (Å²) in [5.41, 5.74) is -0.419. The molecule has 0 bridgehead atoms. The van der Waals surface area contributed by atoms with Crippen molar-refractivity contribution in [2.24, 2.45) is 0 Å². The Bertz CT molecular complexity index is 499. The van der Waals surface area contributed by atoms with Crippen LogP contribution in [0.15, 0.2) is 28.2 Å². The van der Waals surface area contributed by atoms with Gasteiger partial charge in [0.05, 0.1) is 12.0 Å². The van der Waals surface area contributed by atoms with Crippen LogP contribution in [0.2, 0.25) is 0 Å². The molecule has 0 spiro atoms. The molecular weight excluding hydrogens is 226 g/mol. The lowest BCUT2D eigenvalue weighted by atomic mass is 9.90. The van der Waals surface area contributed by atoms with Gasteiger partial charge in [-0.05, 0) is 26.0 Å². The number of rotatable bonds is 3. The third kappa shape index (κ3) is 1.74. The van der Waals surface area contributed by atoms with E-state index in [0.29, 0.717) is 16.5 Å². The standard InChI is InChI=1S/C11H11NO3S/c1-11(2,10(13)14)8-6-16-9(12-8)7-4-3-5-15-7/h3-6H,1-2H3,(H,13,14). The maximum absolute atomic E-state index is 11.1. The minimum absolute atomic E-state index is 0.552. The van der Waals surface area contributed by atoms with Crippen LogP contribution in [-0.2, 0) is 10.2 Å². The Morgan fingerprint density at radius 3 is 2.88 bits per heavy atom. The maximum Gasteiger partial charge on any atom is 0.315 e. The lowest BCUT2D eigenvalue weighted by molar-refractivity contribution is -0.142. The van der Waals surface area contributed by atoms with Crippen molar-refractivity contribution in [1.82, 2.24) is 4.98 Å². The second-order valence-electron chi connectivity index (χ2n) is 3.95. The Hall–Kier alpha value is -1.62. The van der Waals surface area contributed by atoms with Crippen LogP contribution in [0.3, 0.4) is 0 Å². The highest BCUT2D eigenvalue weighted by molar-refractivity contribution is 7.13. The molecule has 2 aromatic rings. The molecule has 84 valence electrons. The van der Waals surface area contributed by atoms with Crippen molar-refractivity contribution in [3.05, 3.63) is 29.5 Å². The summed E-state index contributed by atoms with van der Waals surface area (Å²) in [5.74, 6) is -0.221. The zero-order valence-corrected chi connectivity index (χ0v) is 9.75. The van der Waals surface area contributed by atoms with Gasteiger partial charge in [-0.3, -0.25) is 4.79 Å². The quantitative estimate of drug-likeness (QED) is 0.891. The van der Waals surface area contributed by atoms with Gasteiger partial charge >= 0.3 is 5.97 Å². The number of carboxylic acid groups (broad SMARTS) is 1. The van der Waals surface area contributed by atoms with E-state index in [1.54, 1.807) is 37.6 Å². The summed E-state index contributed by atoms with van der Waals surface area (Å²) in [5, 5.41) is 11.5. The van der Waals surface area contributed by atoms with Crippen LogP contribution >= 0.6 is 11.3 Å². The third-order valence-corrected chi connectivity index (χ3v) is 3.27. The predicted octanol–water partition coefficient (Wildman–Crippen LogP) is 2.77. The fraction of sp³-hybridized carbons (Fsp3) is 0.273. The third-order valence-electron chi connectivity index (χ3n) is 2.41. The Labute approximate surface area is 96.6 Å². The summed E-state index contributed by atoms with van der Waals surface area (Å²) in [6.07, 6.45) is 1.57. The number of carboxylic acids is 1. The van der Waals surface area contributed by atoms with E-state index in [-0.39, 0.29) is 0 Å². The van der Waals surface area contributed by atoms with Crippen molar-refractivity contribution in [1.29, 1.82) is 0 Å². The van der Waals surface area contributed by atoms with Crippen molar-refractivity contribution < 1.29 is 14.3 Å². The van der Waals surface area contributed by atoms with Crippen molar-refractivity contribution in [3.8, 4) is 10.8 Å². The maximum atomic E-state index is 11.1. The molecule has 0 radical (unpaired) electrons. The van der Waals surface area contributed by atoms with Crippen LogP contribution in [-0.4, -0.2) is 16.1 Å². The molecule has 4 nitrogen and oxygen atoms in total. The highest BCUT2D eigenvalue weighted by atomic mass is 32.1. The molecule has 1 N–H and O–H groups in total. The molecule has 0 aliphatic heterocycles. The Balaban J connectivity index is 2.37. The Kier molecular flexibility index (Phi) is 2.55. The average molecular weight is 237 g/mol. The summed E-state index contributed by atoms with van der Waals surface area (Å²) < 4.78 is 5.21. The van der Waals surface area contributed by atoms with E-state index < -0.39 is 11.4 Å². The summed E-state index contributed by atoms with van der Waals surface area (Å²) in [6, 6.07) is 3.58. The molecule has 0 aliphatic carbocycles. The second kappa shape index (κ2) is 3.75. The molecule has 2 aromatic heterocycles. The number of aliphatic carboxylic acids is 1. The second-order valence-corrected chi connectivity index (χ2v) is 4.80. The summed E-state index contributed by atoms with van der Waals surface area (Å²) in [4.78, 5) is 15.3. The van der Waals surface area contributed by atoms with Gasteiger partial charge in [-0.25, -0.2) is 4.98 Å². The van der Waals surface area contributed by atoms with Crippen molar-refractivity contribution in [2.75, 3.05) is 0 Å². The molecule has 0 amide bonds. The molecule has 0 fully saturated rings. The van der Waals surface area contributed by atoms with E-state index in [4.69, 9.17) is 9.52 Å². The van der Waals surface area contributed by atoms with Crippen LogP contribution in [0.1, 0.15) is 19.5 Å². The first-order valence-corrected chi connectivity index (χ1v) is 5.63. The van der Waals surface area contributed by atoms with E-state index in [9.17, 15) is 4.79 Å². The summed E-state index contributed by atoms with van der Waals surface area (Å²) in [6.45, 7) is 3.27. The first kappa shape index (κ1) is 10.9.